The number of nitrogens with zero attached hydrogens (tertiary/aromatic N) is 1. The number of nitrogens with one attached hydrogen (secondary N) is 1. The van der Waals surface area contributed by atoms with Gasteiger partial charge in [0.05, 0.1) is 6.20 Å². The second-order valence-corrected chi connectivity index (χ2v) is 6.13. The van der Waals surface area contributed by atoms with E-state index in [0.717, 1.165) is 24.2 Å². The minimum absolute atomic E-state index is 0.0935. The Morgan fingerprint density at radius 1 is 1.47 bits per heavy atom. The van der Waals surface area contributed by atoms with Gasteiger partial charge in [-0.25, -0.2) is 18.5 Å². The number of anilines is 1. The largest absolute Gasteiger partial charge is 0.358 e. The second kappa shape index (κ2) is 3.92. The Bertz CT molecular complexity index is 470. The highest BCUT2D eigenvalue weighted by atomic mass is 32.2. The highest BCUT2D eigenvalue weighted by Gasteiger charge is 2.15. The van der Waals surface area contributed by atoms with E-state index in [1.165, 1.54) is 6.20 Å². The molecule has 1 aliphatic rings. The number of sulfonamides is 1. The van der Waals surface area contributed by atoms with E-state index in [1.807, 2.05) is 0 Å². The van der Waals surface area contributed by atoms with Crippen LogP contribution in [-0.2, 0) is 10.0 Å². The van der Waals surface area contributed by atoms with Crippen molar-refractivity contribution >= 4 is 26.5 Å². The average Bonchev–Trinajstić information content (AvgIpc) is 2.73. The first-order chi connectivity index (χ1) is 7.05. The van der Waals surface area contributed by atoms with Gasteiger partial charge in [0.2, 0.25) is 10.0 Å². The molecule has 0 saturated heterocycles. The van der Waals surface area contributed by atoms with Crippen LogP contribution in [0.3, 0.4) is 0 Å². The lowest BCUT2D eigenvalue weighted by Crippen LogP contribution is -2.14. The van der Waals surface area contributed by atoms with Gasteiger partial charge in [-0.05, 0) is 12.8 Å². The molecule has 15 heavy (non-hydrogen) atoms. The zero-order chi connectivity index (χ0) is 10.9. The van der Waals surface area contributed by atoms with Crippen molar-refractivity contribution in [2.75, 3.05) is 5.32 Å². The Balaban J connectivity index is 2.07. The van der Waals surface area contributed by atoms with Crippen molar-refractivity contribution in [2.24, 2.45) is 5.14 Å². The smallest absolute Gasteiger partial charge is 0.249 e. The van der Waals surface area contributed by atoms with Crippen molar-refractivity contribution in [1.82, 2.24) is 4.98 Å². The number of aromatic nitrogens is 1. The van der Waals surface area contributed by atoms with E-state index in [9.17, 15) is 8.42 Å². The van der Waals surface area contributed by atoms with Crippen LogP contribution in [0.2, 0.25) is 0 Å². The highest BCUT2D eigenvalue weighted by Crippen LogP contribution is 2.24. The summed E-state index contributed by atoms with van der Waals surface area (Å²) in [7, 11) is -3.62. The maximum atomic E-state index is 11.0. The summed E-state index contributed by atoms with van der Waals surface area (Å²) in [6.07, 6.45) is 7.36. The van der Waals surface area contributed by atoms with Crippen LogP contribution in [0.4, 0.5) is 5.13 Å². The first-order valence-electron chi connectivity index (χ1n) is 4.46. The van der Waals surface area contributed by atoms with Crippen molar-refractivity contribution in [3.63, 3.8) is 0 Å². The summed E-state index contributed by atoms with van der Waals surface area (Å²) in [4.78, 5) is 3.97. The maximum Gasteiger partial charge on any atom is 0.249 e. The van der Waals surface area contributed by atoms with Gasteiger partial charge < -0.3 is 5.32 Å². The molecule has 1 aromatic heterocycles. The van der Waals surface area contributed by atoms with Gasteiger partial charge in [-0.3, -0.25) is 0 Å². The van der Waals surface area contributed by atoms with Crippen LogP contribution in [-0.4, -0.2) is 19.4 Å². The van der Waals surface area contributed by atoms with Crippen LogP contribution in [0.5, 0.6) is 0 Å². The van der Waals surface area contributed by atoms with E-state index in [2.05, 4.69) is 22.5 Å². The number of hydrogen-bond donors (Lipinski definition) is 2. The van der Waals surface area contributed by atoms with E-state index in [-0.39, 0.29) is 4.21 Å². The van der Waals surface area contributed by atoms with E-state index in [1.54, 1.807) is 0 Å². The number of thiazole rings is 1. The summed E-state index contributed by atoms with van der Waals surface area (Å²) in [5, 5.41) is 8.74. The molecule has 0 unspecified atom stereocenters. The molecule has 82 valence electrons. The molecule has 3 N–H and O–H groups in total. The van der Waals surface area contributed by atoms with Crippen LogP contribution >= 0.6 is 11.3 Å². The van der Waals surface area contributed by atoms with E-state index in [4.69, 9.17) is 5.14 Å². The van der Waals surface area contributed by atoms with Gasteiger partial charge in [0.25, 0.3) is 0 Å². The lowest BCUT2D eigenvalue weighted by Gasteiger charge is -2.09. The Kier molecular flexibility index (Phi) is 2.76. The molecule has 0 atom stereocenters. The molecule has 0 spiro atoms. The summed E-state index contributed by atoms with van der Waals surface area (Å²) in [5.41, 5.74) is 0. The molecular weight excluding hydrogens is 234 g/mol. The van der Waals surface area contributed by atoms with Gasteiger partial charge in [-0.1, -0.05) is 23.5 Å². The number of primary sulfonamides is 1. The Morgan fingerprint density at radius 2 is 2.13 bits per heavy atom. The molecule has 0 amide bonds. The zero-order valence-corrected chi connectivity index (χ0v) is 9.51. The standard InChI is InChI=1S/C8H11N3O2S2/c9-15(12,13)7-5-10-8(14-7)11-6-3-1-2-4-6/h1-2,5-6H,3-4H2,(H,10,11)(H2,9,12,13). The van der Waals surface area contributed by atoms with Crippen LogP contribution in [0.15, 0.2) is 22.6 Å². The molecule has 0 fully saturated rings. The van der Waals surface area contributed by atoms with Gasteiger partial charge in [0.1, 0.15) is 0 Å². The highest BCUT2D eigenvalue weighted by molar-refractivity contribution is 7.91. The first kappa shape index (κ1) is 10.6. The fourth-order valence-corrected chi connectivity index (χ4v) is 2.90. The molecule has 0 aromatic carbocycles. The third-order valence-corrected chi connectivity index (χ3v) is 4.44. The normalized spacial score (nSPS) is 17.1. The molecule has 1 heterocycles. The topological polar surface area (TPSA) is 85.1 Å². The fourth-order valence-electron chi connectivity index (χ4n) is 1.37. The minimum Gasteiger partial charge on any atom is -0.358 e. The molecule has 1 aliphatic carbocycles. The van der Waals surface area contributed by atoms with E-state index in [0.29, 0.717) is 11.2 Å². The van der Waals surface area contributed by atoms with Crippen molar-refractivity contribution < 1.29 is 8.42 Å². The SMILES string of the molecule is NS(=O)(=O)c1cnc(NC2CC=CC2)s1. The molecule has 0 radical (unpaired) electrons. The summed E-state index contributed by atoms with van der Waals surface area (Å²) < 4.78 is 22.1. The third kappa shape index (κ3) is 2.55. The molecule has 2 rings (SSSR count). The fraction of sp³-hybridized carbons (Fsp3) is 0.375. The molecule has 0 bridgehead atoms. The molecule has 0 saturated carbocycles. The molecular formula is C8H11N3O2S2. The summed E-state index contributed by atoms with van der Waals surface area (Å²) in [6.45, 7) is 0. The first-order valence-corrected chi connectivity index (χ1v) is 6.82. The maximum absolute atomic E-state index is 11.0. The minimum atomic E-state index is -3.62. The van der Waals surface area contributed by atoms with Crippen LogP contribution in [0.1, 0.15) is 12.8 Å². The Morgan fingerprint density at radius 3 is 2.67 bits per heavy atom. The molecule has 7 heteroatoms. The molecule has 1 aromatic rings. The molecule has 5 nitrogen and oxygen atoms in total. The number of hydrogen-bond acceptors (Lipinski definition) is 5. The zero-order valence-electron chi connectivity index (χ0n) is 7.88. The number of nitrogens with two attached hydrogens (primary N) is 1. The lowest BCUT2D eigenvalue weighted by atomic mass is 10.2. The third-order valence-electron chi connectivity index (χ3n) is 2.10. The van der Waals surface area contributed by atoms with Crippen molar-refractivity contribution in [3.8, 4) is 0 Å². The summed E-state index contributed by atoms with van der Waals surface area (Å²) in [5.74, 6) is 0. The summed E-state index contributed by atoms with van der Waals surface area (Å²) >= 11 is 1.06. The van der Waals surface area contributed by atoms with Gasteiger partial charge in [-0.15, -0.1) is 0 Å². The van der Waals surface area contributed by atoms with Crippen LogP contribution in [0, 0.1) is 0 Å². The quantitative estimate of drug-likeness (QED) is 0.775. The van der Waals surface area contributed by atoms with E-state index < -0.39 is 10.0 Å². The Labute approximate surface area is 92.1 Å². The van der Waals surface area contributed by atoms with Gasteiger partial charge >= 0.3 is 0 Å². The van der Waals surface area contributed by atoms with Crippen molar-refractivity contribution in [1.29, 1.82) is 0 Å². The summed E-state index contributed by atoms with van der Waals surface area (Å²) in [6, 6.07) is 0.324. The average molecular weight is 245 g/mol. The predicted octanol–water partition coefficient (Wildman–Crippen LogP) is 0.921. The van der Waals surface area contributed by atoms with E-state index >= 15 is 0 Å². The Hall–Kier alpha value is -0.920. The lowest BCUT2D eigenvalue weighted by molar-refractivity contribution is 0.599. The molecule has 0 aliphatic heterocycles. The number of rotatable bonds is 3. The van der Waals surface area contributed by atoms with Gasteiger partial charge in [0.15, 0.2) is 9.34 Å². The van der Waals surface area contributed by atoms with Crippen molar-refractivity contribution in [3.05, 3.63) is 18.3 Å². The monoisotopic (exact) mass is 245 g/mol. The van der Waals surface area contributed by atoms with Crippen LogP contribution < -0.4 is 10.5 Å². The van der Waals surface area contributed by atoms with Gasteiger partial charge in [0, 0.05) is 6.04 Å². The predicted molar refractivity (Wildman–Crippen MR) is 59.3 cm³/mol. The van der Waals surface area contributed by atoms with Gasteiger partial charge in [-0.2, -0.15) is 0 Å². The van der Waals surface area contributed by atoms with Crippen molar-refractivity contribution in [2.45, 2.75) is 23.1 Å². The second-order valence-electron chi connectivity index (χ2n) is 3.31. The van der Waals surface area contributed by atoms with Crippen LogP contribution in [0.25, 0.3) is 0 Å².